The van der Waals surface area contributed by atoms with Gasteiger partial charge in [0, 0.05) is 37.9 Å². The quantitative estimate of drug-likeness (QED) is 0.807. The Morgan fingerprint density at radius 3 is 2.76 bits per heavy atom. The lowest BCUT2D eigenvalue weighted by atomic mass is 10.00. The van der Waals surface area contributed by atoms with Crippen LogP contribution in [0.2, 0.25) is 0 Å². The smallest absolute Gasteiger partial charge is 0.147 e. The van der Waals surface area contributed by atoms with Gasteiger partial charge >= 0.3 is 0 Å². The van der Waals surface area contributed by atoms with Gasteiger partial charge in [0.25, 0.3) is 0 Å². The van der Waals surface area contributed by atoms with Crippen molar-refractivity contribution < 1.29 is 0 Å². The minimum Gasteiger partial charge on any atom is -0.352 e. The topological polar surface area (TPSA) is 58.3 Å². The molecule has 94 valence electrons. The van der Waals surface area contributed by atoms with Crippen LogP contribution in [0.4, 0.5) is 5.82 Å². The average molecular weight is 235 g/mol. The first-order valence-electron chi connectivity index (χ1n) is 6.00. The van der Waals surface area contributed by atoms with Crippen LogP contribution in [0.5, 0.6) is 0 Å². The largest absolute Gasteiger partial charge is 0.352 e. The Hall–Kier alpha value is -1.20. The Morgan fingerprint density at radius 1 is 1.35 bits per heavy atom. The van der Waals surface area contributed by atoms with E-state index in [1.54, 1.807) is 6.20 Å². The highest BCUT2D eigenvalue weighted by atomic mass is 15.3. The van der Waals surface area contributed by atoms with Crippen LogP contribution in [0, 0.1) is 0 Å². The Morgan fingerprint density at radius 2 is 2.12 bits per heavy atom. The molecule has 1 aromatic rings. The van der Waals surface area contributed by atoms with E-state index in [0.717, 1.165) is 31.1 Å². The van der Waals surface area contributed by atoms with Crippen LogP contribution in [-0.4, -0.2) is 47.1 Å². The number of nitrogens with zero attached hydrogens (tertiary/aromatic N) is 4. The van der Waals surface area contributed by atoms with E-state index >= 15 is 0 Å². The molecule has 1 aliphatic heterocycles. The fourth-order valence-electron chi connectivity index (χ4n) is 2.08. The molecule has 5 heteroatoms. The number of aromatic nitrogens is 2. The summed E-state index contributed by atoms with van der Waals surface area (Å²) < 4.78 is 0. The highest BCUT2D eigenvalue weighted by molar-refractivity contribution is 5.38. The first kappa shape index (κ1) is 12.3. The lowest BCUT2D eigenvalue weighted by Crippen LogP contribution is -2.57. The van der Waals surface area contributed by atoms with E-state index in [9.17, 15) is 0 Å². The van der Waals surface area contributed by atoms with Crippen LogP contribution in [-0.2, 0) is 6.54 Å². The van der Waals surface area contributed by atoms with Gasteiger partial charge in [-0.1, -0.05) is 0 Å². The molecule has 2 heterocycles. The number of rotatable bonds is 2. The molecule has 5 nitrogen and oxygen atoms in total. The van der Waals surface area contributed by atoms with Gasteiger partial charge < -0.3 is 10.6 Å². The summed E-state index contributed by atoms with van der Waals surface area (Å²) in [6.07, 6.45) is 3.55. The van der Waals surface area contributed by atoms with Crippen molar-refractivity contribution in [1.82, 2.24) is 14.9 Å². The molecular weight excluding hydrogens is 214 g/mol. The fraction of sp³-hybridized carbons (Fsp3) is 0.667. The third-order valence-corrected chi connectivity index (χ3v) is 3.52. The summed E-state index contributed by atoms with van der Waals surface area (Å²) in [6.45, 7) is 7.94. The minimum absolute atomic E-state index is 0.165. The number of nitrogens with two attached hydrogens (primary N) is 1. The van der Waals surface area contributed by atoms with Gasteiger partial charge in [0.15, 0.2) is 0 Å². The van der Waals surface area contributed by atoms with Gasteiger partial charge in [0.1, 0.15) is 5.82 Å². The highest BCUT2D eigenvalue weighted by Gasteiger charge is 2.31. The van der Waals surface area contributed by atoms with Gasteiger partial charge in [-0.05, 0) is 20.9 Å². The summed E-state index contributed by atoms with van der Waals surface area (Å²) in [4.78, 5) is 13.4. The van der Waals surface area contributed by atoms with E-state index in [1.807, 2.05) is 6.20 Å². The van der Waals surface area contributed by atoms with Gasteiger partial charge in [-0.15, -0.1) is 0 Å². The summed E-state index contributed by atoms with van der Waals surface area (Å²) in [5, 5.41) is 0. The van der Waals surface area contributed by atoms with Gasteiger partial charge in [-0.3, -0.25) is 9.88 Å². The predicted octanol–water partition coefficient (Wildman–Crippen LogP) is 0.466. The molecule has 2 rings (SSSR count). The molecule has 1 aliphatic rings. The van der Waals surface area contributed by atoms with E-state index < -0.39 is 0 Å². The summed E-state index contributed by atoms with van der Waals surface area (Å²) in [6, 6.07) is 0. The van der Waals surface area contributed by atoms with Crippen LogP contribution >= 0.6 is 0 Å². The maximum atomic E-state index is 5.59. The van der Waals surface area contributed by atoms with Crippen molar-refractivity contribution in [3.63, 3.8) is 0 Å². The summed E-state index contributed by atoms with van der Waals surface area (Å²) in [5.41, 5.74) is 6.61. The summed E-state index contributed by atoms with van der Waals surface area (Å²) in [7, 11) is 2.17. The van der Waals surface area contributed by atoms with Crippen molar-refractivity contribution in [2.45, 2.75) is 25.9 Å². The maximum Gasteiger partial charge on any atom is 0.147 e. The second kappa shape index (κ2) is 4.58. The van der Waals surface area contributed by atoms with Crippen LogP contribution in [0.15, 0.2) is 12.4 Å². The Labute approximate surface area is 103 Å². The zero-order valence-corrected chi connectivity index (χ0v) is 10.8. The number of likely N-dealkylation sites (N-methyl/N-ethyl adjacent to an activating group) is 1. The monoisotopic (exact) mass is 235 g/mol. The second-order valence-electron chi connectivity index (χ2n) is 5.23. The van der Waals surface area contributed by atoms with Crippen molar-refractivity contribution in [3.8, 4) is 0 Å². The number of hydrogen-bond acceptors (Lipinski definition) is 5. The Balaban J connectivity index is 2.17. The van der Waals surface area contributed by atoms with Gasteiger partial charge in [-0.25, -0.2) is 4.98 Å². The third-order valence-electron chi connectivity index (χ3n) is 3.52. The molecule has 0 bridgehead atoms. The first-order chi connectivity index (χ1) is 8.03. The first-order valence-corrected chi connectivity index (χ1v) is 6.00. The van der Waals surface area contributed by atoms with Crippen molar-refractivity contribution >= 4 is 5.82 Å². The molecule has 0 radical (unpaired) electrons. The number of piperazine rings is 1. The van der Waals surface area contributed by atoms with E-state index in [-0.39, 0.29) is 5.54 Å². The standard InChI is InChI=1S/C12H21N5/c1-12(2)9-17(5-4-16(12)3)11-8-14-7-10(6-13)15-11/h7-8H,4-6,9,13H2,1-3H3. The lowest BCUT2D eigenvalue weighted by Gasteiger charge is -2.45. The van der Waals surface area contributed by atoms with Crippen LogP contribution in [0.1, 0.15) is 19.5 Å². The highest BCUT2D eigenvalue weighted by Crippen LogP contribution is 2.22. The van der Waals surface area contributed by atoms with E-state index in [1.165, 1.54) is 0 Å². The number of hydrogen-bond donors (Lipinski definition) is 1. The molecule has 0 unspecified atom stereocenters. The van der Waals surface area contributed by atoms with Crippen LogP contribution in [0.3, 0.4) is 0 Å². The molecule has 0 aromatic carbocycles. The van der Waals surface area contributed by atoms with Crippen molar-refractivity contribution in [2.24, 2.45) is 5.73 Å². The average Bonchev–Trinajstić information content (AvgIpc) is 2.32. The normalized spacial score (nSPS) is 20.6. The van der Waals surface area contributed by atoms with Crippen molar-refractivity contribution in [1.29, 1.82) is 0 Å². The second-order valence-corrected chi connectivity index (χ2v) is 5.23. The molecular formula is C12H21N5. The summed E-state index contributed by atoms with van der Waals surface area (Å²) >= 11 is 0. The number of anilines is 1. The molecule has 2 N–H and O–H groups in total. The summed E-state index contributed by atoms with van der Waals surface area (Å²) in [5.74, 6) is 0.939. The minimum atomic E-state index is 0.165. The molecule has 0 spiro atoms. The zero-order valence-electron chi connectivity index (χ0n) is 10.8. The molecule has 1 saturated heterocycles. The maximum absolute atomic E-state index is 5.59. The predicted molar refractivity (Wildman–Crippen MR) is 68.8 cm³/mol. The molecule has 0 saturated carbocycles. The van der Waals surface area contributed by atoms with Crippen LogP contribution < -0.4 is 10.6 Å². The van der Waals surface area contributed by atoms with Gasteiger partial charge in [0.05, 0.1) is 11.9 Å². The molecule has 0 atom stereocenters. The molecule has 0 aliphatic carbocycles. The third kappa shape index (κ3) is 2.56. The van der Waals surface area contributed by atoms with Crippen molar-refractivity contribution in [3.05, 3.63) is 18.1 Å². The molecule has 17 heavy (non-hydrogen) atoms. The lowest BCUT2D eigenvalue weighted by molar-refractivity contribution is 0.138. The Bertz CT molecular complexity index is 390. The fourth-order valence-corrected chi connectivity index (χ4v) is 2.08. The van der Waals surface area contributed by atoms with Crippen molar-refractivity contribution in [2.75, 3.05) is 31.6 Å². The zero-order chi connectivity index (χ0) is 12.5. The van der Waals surface area contributed by atoms with Crippen LogP contribution in [0.25, 0.3) is 0 Å². The molecule has 0 amide bonds. The van der Waals surface area contributed by atoms with E-state index in [2.05, 4.69) is 40.7 Å². The van der Waals surface area contributed by atoms with E-state index in [0.29, 0.717) is 6.54 Å². The molecule has 1 aromatic heterocycles. The Kier molecular flexibility index (Phi) is 3.31. The molecule has 1 fully saturated rings. The van der Waals surface area contributed by atoms with E-state index in [4.69, 9.17) is 5.73 Å². The SMILES string of the molecule is CN1CCN(c2cncc(CN)n2)CC1(C)C. The van der Waals surface area contributed by atoms with Gasteiger partial charge in [0.2, 0.25) is 0 Å². The van der Waals surface area contributed by atoms with Gasteiger partial charge in [-0.2, -0.15) is 0 Å².